The Morgan fingerprint density at radius 1 is 1.19 bits per heavy atom. The van der Waals surface area contributed by atoms with Crippen molar-refractivity contribution in [2.45, 2.75) is 45.6 Å². The number of nitrogens with one attached hydrogen (secondary N) is 1. The van der Waals surface area contributed by atoms with Gasteiger partial charge in [-0.3, -0.25) is 0 Å². The summed E-state index contributed by atoms with van der Waals surface area (Å²) in [5.74, 6) is 2.45. The van der Waals surface area contributed by atoms with E-state index < -0.39 is 0 Å². The summed E-state index contributed by atoms with van der Waals surface area (Å²) in [5, 5.41) is 3.72. The summed E-state index contributed by atoms with van der Waals surface area (Å²) in [6, 6.07) is 13.1. The van der Waals surface area contributed by atoms with Gasteiger partial charge in [0.05, 0.1) is 23.3 Å². The molecule has 3 heterocycles. The molecule has 0 radical (unpaired) electrons. The lowest BCUT2D eigenvalue weighted by atomic mass is 9.84. The minimum Gasteiger partial charge on any atom is -0.442 e. The van der Waals surface area contributed by atoms with Gasteiger partial charge < -0.3 is 15.0 Å². The molecule has 0 amide bonds. The lowest BCUT2D eigenvalue weighted by Gasteiger charge is -2.38. The van der Waals surface area contributed by atoms with Crippen molar-refractivity contribution in [2.24, 2.45) is 5.92 Å². The molecule has 0 fully saturated rings. The molecule has 2 unspecified atom stereocenters. The van der Waals surface area contributed by atoms with Crippen LogP contribution >= 0.6 is 0 Å². The van der Waals surface area contributed by atoms with Gasteiger partial charge in [0.1, 0.15) is 5.76 Å². The summed E-state index contributed by atoms with van der Waals surface area (Å²) in [4.78, 5) is 7.21. The Balaban J connectivity index is 1.53. The maximum atomic E-state index is 6.25. The van der Waals surface area contributed by atoms with Crippen LogP contribution in [-0.2, 0) is 0 Å². The van der Waals surface area contributed by atoms with Crippen LogP contribution in [0.25, 0.3) is 0 Å². The molecular weight excluding hydrogens is 454 g/mol. The summed E-state index contributed by atoms with van der Waals surface area (Å²) < 4.78 is 6.25. The summed E-state index contributed by atoms with van der Waals surface area (Å²) in [6.45, 7) is 16.3. The van der Waals surface area contributed by atoms with Gasteiger partial charge in [0.2, 0.25) is 5.88 Å². The highest BCUT2D eigenvalue weighted by molar-refractivity contribution is 5.73. The van der Waals surface area contributed by atoms with Crippen LogP contribution in [0.2, 0.25) is 0 Å². The first-order valence-electron chi connectivity index (χ1n) is 13.3. The molecule has 2 aromatic rings. The third-order valence-electron chi connectivity index (χ3n) is 7.61. The number of aryl methyl sites for hydroxylation is 1. The predicted octanol–water partition coefficient (Wildman–Crippen LogP) is 7.65. The molecule has 190 valence electrons. The van der Waals surface area contributed by atoms with Gasteiger partial charge in [0.15, 0.2) is 0 Å². The third-order valence-corrected chi connectivity index (χ3v) is 7.61. The molecule has 2 atom stereocenters. The number of aromatic nitrogens is 1. The number of hydrogen-bond acceptors (Lipinski definition) is 4. The van der Waals surface area contributed by atoms with E-state index in [0.29, 0.717) is 5.92 Å². The van der Waals surface area contributed by atoms with Gasteiger partial charge in [0, 0.05) is 24.3 Å². The molecule has 0 saturated heterocycles. The van der Waals surface area contributed by atoms with E-state index in [-0.39, 0.29) is 12.0 Å². The highest BCUT2D eigenvalue weighted by atomic mass is 16.5. The summed E-state index contributed by atoms with van der Waals surface area (Å²) in [6.07, 6.45) is 14.4. The normalized spacial score (nSPS) is 19.3. The predicted molar refractivity (Wildman–Crippen MR) is 155 cm³/mol. The Morgan fingerprint density at radius 3 is 2.84 bits per heavy atom. The van der Waals surface area contributed by atoms with Crippen LogP contribution in [0.4, 0.5) is 11.4 Å². The zero-order valence-corrected chi connectivity index (χ0v) is 22.2. The summed E-state index contributed by atoms with van der Waals surface area (Å²) >= 11 is 0. The first-order valence-corrected chi connectivity index (χ1v) is 13.3. The zero-order chi connectivity index (χ0) is 25.9. The van der Waals surface area contributed by atoms with E-state index in [1.807, 2.05) is 19.1 Å². The van der Waals surface area contributed by atoms with Gasteiger partial charge in [-0.2, -0.15) is 0 Å². The fraction of sp³-hybridized carbons (Fsp3) is 0.303. The number of fused-ring (bicyclic) bond motifs is 4. The topological polar surface area (TPSA) is 37.4 Å². The second kappa shape index (κ2) is 10.7. The standard InChI is InChI=1S/C33H37N3O/c1-6-7-8-9-12-27(17-23(4)22(2)3)36-21-26-18-29-28-16-15-24(5)35-33(28)37-32(29)19-25(26)20-34-30-13-10-11-14-31(30)36/h6-16,19,22,27,29,34H,1,4,17-18,20-21H2,2-3,5H3/b8-7-,12-9+. The molecule has 5 rings (SSSR count). The Morgan fingerprint density at radius 2 is 2.03 bits per heavy atom. The van der Waals surface area contributed by atoms with Gasteiger partial charge in [-0.1, -0.05) is 81.2 Å². The lowest BCUT2D eigenvalue weighted by Crippen LogP contribution is -2.39. The number of ether oxygens (including phenoxy) is 1. The average molecular weight is 492 g/mol. The van der Waals surface area contributed by atoms with Crippen LogP contribution in [0, 0.1) is 12.8 Å². The van der Waals surface area contributed by atoms with Crippen molar-refractivity contribution in [3.8, 4) is 5.88 Å². The second-order valence-corrected chi connectivity index (χ2v) is 10.5. The minimum absolute atomic E-state index is 0.168. The average Bonchev–Trinajstić information content (AvgIpc) is 3.22. The molecule has 1 aliphatic carbocycles. The van der Waals surface area contributed by atoms with Crippen LogP contribution in [0.5, 0.6) is 5.88 Å². The third kappa shape index (κ3) is 5.20. The van der Waals surface area contributed by atoms with Crippen LogP contribution in [-0.4, -0.2) is 24.1 Å². The molecule has 4 heteroatoms. The highest BCUT2D eigenvalue weighted by Gasteiger charge is 2.36. The second-order valence-electron chi connectivity index (χ2n) is 10.5. The molecule has 1 aromatic heterocycles. The maximum absolute atomic E-state index is 6.25. The highest BCUT2D eigenvalue weighted by Crippen LogP contribution is 2.47. The Labute approximate surface area is 221 Å². The molecular formula is C33H37N3O. The van der Waals surface area contributed by atoms with Gasteiger partial charge in [-0.05, 0) is 61.1 Å². The quantitative estimate of drug-likeness (QED) is 0.319. The van der Waals surface area contributed by atoms with Crippen molar-refractivity contribution >= 4 is 11.4 Å². The first kappa shape index (κ1) is 24.9. The monoisotopic (exact) mass is 491 g/mol. The molecule has 0 saturated carbocycles. The molecule has 0 bridgehead atoms. The van der Waals surface area contributed by atoms with Crippen molar-refractivity contribution in [1.29, 1.82) is 0 Å². The zero-order valence-electron chi connectivity index (χ0n) is 22.2. The van der Waals surface area contributed by atoms with Crippen LogP contribution in [0.1, 0.15) is 43.9 Å². The van der Waals surface area contributed by atoms with Crippen LogP contribution in [0.3, 0.4) is 0 Å². The number of pyridine rings is 1. The molecule has 1 aromatic carbocycles. The number of benzene rings is 1. The molecule has 37 heavy (non-hydrogen) atoms. The van der Waals surface area contributed by atoms with Crippen molar-refractivity contribution in [2.75, 3.05) is 23.3 Å². The number of allylic oxidation sites excluding steroid dienone is 5. The van der Waals surface area contributed by atoms with E-state index in [0.717, 1.165) is 49.0 Å². The van der Waals surface area contributed by atoms with Crippen molar-refractivity contribution in [3.05, 3.63) is 120 Å². The first-order chi connectivity index (χ1) is 17.9. The largest absolute Gasteiger partial charge is 0.442 e. The fourth-order valence-corrected chi connectivity index (χ4v) is 5.33. The van der Waals surface area contributed by atoms with E-state index in [1.54, 1.807) is 0 Å². The summed E-state index contributed by atoms with van der Waals surface area (Å²) in [7, 11) is 0. The SMILES string of the molecule is C=C/C=C\C=C\C(CC(=C)C(C)C)N1CC2=C(C=C3Oc4nc(C)ccc4C3C2)CNc2ccccc21. The lowest BCUT2D eigenvalue weighted by molar-refractivity contribution is 0.407. The molecule has 4 nitrogen and oxygen atoms in total. The maximum Gasteiger partial charge on any atom is 0.222 e. The van der Waals surface area contributed by atoms with E-state index in [9.17, 15) is 0 Å². The van der Waals surface area contributed by atoms with E-state index in [4.69, 9.17) is 4.74 Å². The number of para-hydroxylation sites is 2. The van der Waals surface area contributed by atoms with Crippen LogP contribution in [0.15, 0.2) is 108 Å². The number of anilines is 2. The Bertz CT molecular complexity index is 1330. The van der Waals surface area contributed by atoms with Gasteiger partial charge in [0.25, 0.3) is 0 Å². The van der Waals surface area contributed by atoms with Gasteiger partial charge in [-0.25, -0.2) is 4.98 Å². The van der Waals surface area contributed by atoms with Crippen LogP contribution < -0.4 is 15.0 Å². The summed E-state index contributed by atoms with van der Waals surface area (Å²) in [5.41, 5.74) is 8.58. The van der Waals surface area contributed by atoms with E-state index >= 15 is 0 Å². The number of nitrogens with zero attached hydrogens (tertiary/aromatic N) is 2. The minimum atomic E-state index is 0.168. The Kier molecular flexibility index (Phi) is 7.18. The number of rotatable bonds is 7. The molecule has 2 aliphatic heterocycles. The molecule has 3 aliphatic rings. The molecule has 1 N–H and O–H groups in total. The van der Waals surface area contributed by atoms with Gasteiger partial charge in [-0.15, -0.1) is 0 Å². The van der Waals surface area contributed by atoms with Gasteiger partial charge >= 0.3 is 0 Å². The number of hydrogen-bond donors (Lipinski definition) is 1. The van der Waals surface area contributed by atoms with Crippen molar-refractivity contribution in [3.63, 3.8) is 0 Å². The molecule has 0 spiro atoms. The van der Waals surface area contributed by atoms with E-state index in [2.05, 4.69) is 103 Å². The fourth-order valence-electron chi connectivity index (χ4n) is 5.33. The van der Waals surface area contributed by atoms with E-state index in [1.165, 1.54) is 28.0 Å². The van der Waals surface area contributed by atoms with Crippen molar-refractivity contribution < 1.29 is 4.74 Å². The van der Waals surface area contributed by atoms with Crippen molar-refractivity contribution in [1.82, 2.24) is 4.98 Å². The Hall–Kier alpha value is -3.79. The smallest absolute Gasteiger partial charge is 0.222 e.